The van der Waals surface area contributed by atoms with E-state index in [-0.39, 0.29) is 16.7 Å². The topological polar surface area (TPSA) is 82.2 Å². The van der Waals surface area contributed by atoms with Crippen molar-refractivity contribution in [1.82, 2.24) is 10.2 Å². The number of nitrogens with zero attached hydrogens (tertiary/aromatic N) is 2. The summed E-state index contributed by atoms with van der Waals surface area (Å²) in [4.78, 5) is 13.7. The Bertz CT molecular complexity index is 694. The van der Waals surface area contributed by atoms with Crippen LogP contribution in [0.2, 0.25) is 0 Å². The van der Waals surface area contributed by atoms with E-state index in [0.29, 0.717) is 12.0 Å². The zero-order valence-electron chi connectivity index (χ0n) is 13.2. The average Bonchev–Trinajstić information content (AvgIpc) is 3.03. The van der Waals surface area contributed by atoms with Crippen LogP contribution in [0.3, 0.4) is 0 Å². The quantitative estimate of drug-likeness (QED) is 0.866. The van der Waals surface area contributed by atoms with Crippen molar-refractivity contribution in [1.29, 1.82) is 5.26 Å². The average molecular weight is 328 g/mol. The summed E-state index contributed by atoms with van der Waals surface area (Å²) in [6, 6.07) is 9.77. The number of hydrogen-bond acceptors (Lipinski definition) is 5. The summed E-state index contributed by atoms with van der Waals surface area (Å²) in [6.45, 7) is 2.07. The molecule has 6 heteroatoms. The van der Waals surface area contributed by atoms with E-state index >= 15 is 0 Å². The minimum Gasteiger partial charge on any atom is -0.317 e. The molecule has 0 radical (unpaired) electrons. The molecule has 1 amide bonds. The van der Waals surface area contributed by atoms with Gasteiger partial charge >= 0.3 is 0 Å². The van der Waals surface area contributed by atoms with Crippen LogP contribution in [0, 0.1) is 11.3 Å². The maximum absolute atomic E-state index is 12.1. The number of thioether (sulfide) groups is 1. The Labute approximate surface area is 140 Å². The molecule has 2 aliphatic rings. The van der Waals surface area contributed by atoms with Crippen LogP contribution in [0.1, 0.15) is 30.9 Å². The van der Waals surface area contributed by atoms with Gasteiger partial charge in [0.05, 0.1) is 11.6 Å². The zero-order chi connectivity index (χ0) is 16.6. The first-order valence-corrected chi connectivity index (χ1v) is 8.51. The van der Waals surface area contributed by atoms with Crippen molar-refractivity contribution in [2.45, 2.75) is 36.8 Å². The number of amides is 1. The highest BCUT2D eigenvalue weighted by molar-refractivity contribution is 8.03. The predicted octanol–water partition coefficient (Wildman–Crippen LogP) is 1.86. The van der Waals surface area contributed by atoms with E-state index in [1.165, 1.54) is 5.57 Å². The molecule has 2 unspecified atom stereocenters. The molecule has 2 heterocycles. The molecule has 120 valence electrons. The van der Waals surface area contributed by atoms with Gasteiger partial charge in [0.2, 0.25) is 5.91 Å². The lowest BCUT2D eigenvalue weighted by atomic mass is 9.86. The second kappa shape index (κ2) is 6.00. The van der Waals surface area contributed by atoms with E-state index in [9.17, 15) is 4.79 Å². The maximum Gasteiger partial charge on any atom is 0.226 e. The summed E-state index contributed by atoms with van der Waals surface area (Å²) in [5, 5.41) is 14.7. The molecule has 3 atom stereocenters. The zero-order valence-corrected chi connectivity index (χ0v) is 14.1. The van der Waals surface area contributed by atoms with Crippen LogP contribution in [-0.4, -0.2) is 34.9 Å². The minimum atomic E-state index is -0.444. The summed E-state index contributed by atoms with van der Waals surface area (Å²) < 4.78 is 0. The van der Waals surface area contributed by atoms with E-state index in [0.717, 1.165) is 12.0 Å². The highest BCUT2D eigenvalue weighted by Crippen LogP contribution is 2.43. The summed E-state index contributed by atoms with van der Waals surface area (Å²) in [5.41, 5.74) is 8.74. The smallest absolute Gasteiger partial charge is 0.226 e. The second-order valence-electron chi connectivity index (χ2n) is 6.35. The van der Waals surface area contributed by atoms with Gasteiger partial charge in [-0.2, -0.15) is 5.26 Å². The van der Waals surface area contributed by atoms with Crippen LogP contribution in [0.15, 0.2) is 29.7 Å². The lowest BCUT2D eigenvalue weighted by Crippen LogP contribution is -2.68. The fourth-order valence-corrected chi connectivity index (χ4v) is 4.36. The van der Waals surface area contributed by atoms with Crippen LogP contribution in [0.5, 0.6) is 0 Å². The molecule has 3 N–H and O–H groups in total. The van der Waals surface area contributed by atoms with Crippen molar-refractivity contribution in [2.75, 3.05) is 7.05 Å². The molecule has 1 fully saturated rings. The van der Waals surface area contributed by atoms with Gasteiger partial charge in [-0.25, -0.2) is 0 Å². The van der Waals surface area contributed by atoms with Crippen molar-refractivity contribution in [3.8, 4) is 6.07 Å². The predicted molar refractivity (Wildman–Crippen MR) is 92.0 cm³/mol. The molecule has 0 aliphatic carbocycles. The molecule has 23 heavy (non-hydrogen) atoms. The SMILES string of the molecule is CN1C(=O)C[C@@](C)(C2CC(c3ccc(C#N)cc3)=CS2)NC1N. The summed E-state index contributed by atoms with van der Waals surface area (Å²) in [5.74, 6) is 0.0752. The van der Waals surface area contributed by atoms with Gasteiger partial charge in [0.15, 0.2) is 0 Å². The minimum absolute atomic E-state index is 0.0752. The van der Waals surface area contributed by atoms with E-state index in [1.54, 1.807) is 23.7 Å². The summed E-state index contributed by atoms with van der Waals surface area (Å²) in [6.07, 6.45) is 0.883. The number of carbonyl (C=O) groups is 1. The first-order chi connectivity index (χ1) is 10.9. The molecular formula is C17H20N4OS. The van der Waals surface area contributed by atoms with Gasteiger partial charge < -0.3 is 4.90 Å². The normalized spacial score (nSPS) is 31.0. The van der Waals surface area contributed by atoms with Crippen LogP contribution >= 0.6 is 11.8 Å². The number of nitrogens with two attached hydrogens (primary N) is 1. The largest absolute Gasteiger partial charge is 0.317 e. The maximum atomic E-state index is 12.1. The van der Waals surface area contributed by atoms with E-state index in [2.05, 4.69) is 23.7 Å². The van der Waals surface area contributed by atoms with Crippen molar-refractivity contribution < 1.29 is 4.79 Å². The Kier molecular flexibility index (Phi) is 4.19. The first-order valence-electron chi connectivity index (χ1n) is 7.57. The molecule has 0 saturated carbocycles. The van der Waals surface area contributed by atoms with Gasteiger partial charge in [0.25, 0.3) is 0 Å². The molecule has 1 aromatic rings. The number of nitrogens with one attached hydrogen (secondary N) is 1. The molecule has 2 aliphatic heterocycles. The van der Waals surface area contributed by atoms with E-state index < -0.39 is 6.29 Å². The third-order valence-electron chi connectivity index (χ3n) is 4.68. The number of allylic oxidation sites excluding steroid dienone is 1. The van der Waals surface area contributed by atoms with E-state index in [1.807, 2.05) is 24.3 Å². The standard InChI is InChI=1S/C17H20N4OS/c1-17(8-15(22)21(2)16(19)20-17)14-7-13(10-23-14)12-5-3-11(9-18)4-6-12/h3-6,10,14,16,20H,7-8,19H2,1-2H3/t14?,16?,17-/m0/s1. The Morgan fingerprint density at radius 2 is 2.13 bits per heavy atom. The molecule has 3 rings (SSSR count). The molecule has 0 bridgehead atoms. The van der Waals surface area contributed by atoms with Gasteiger partial charge in [-0.3, -0.25) is 15.8 Å². The Balaban J connectivity index is 1.73. The number of benzene rings is 1. The number of carbonyl (C=O) groups excluding carboxylic acids is 1. The van der Waals surface area contributed by atoms with Crippen LogP contribution in [0.25, 0.3) is 5.57 Å². The summed E-state index contributed by atoms with van der Waals surface area (Å²) in [7, 11) is 1.72. The highest BCUT2D eigenvalue weighted by Gasteiger charge is 2.44. The van der Waals surface area contributed by atoms with Crippen molar-refractivity contribution >= 4 is 23.2 Å². The number of hydrogen-bond donors (Lipinski definition) is 2. The molecule has 1 saturated heterocycles. The number of rotatable bonds is 2. The fourth-order valence-electron chi connectivity index (χ4n) is 3.07. The van der Waals surface area contributed by atoms with Crippen molar-refractivity contribution in [3.05, 3.63) is 40.8 Å². The van der Waals surface area contributed by atoms with Crippen LogP contribution in [0.4, 0.5) is 0 Å². The van der Waals surface area contributed by atoms with Gasteiger partial charge in [-0.15, -0.1) is 11.8 Å². The molecule has 0 spiro atoms. The molecule has 0 aromatic heterocycles. The molecule has 5 nitrogen and oxygen atoms in total. The van der Waals surface area contributed by atoms with Gasteiger partial charge in [-0.05, 0) is 42.0 Å². The van der Waals surface area contributed by atoms with E-state index in [4.69, 9.17) is 11.0 Å². The van der Waals surface area contributed by atoms with Crippen LogP contribution < -0.4 is 11.1 Å². The lowest BCUT2D eigenvalue weighted by Gasteiger charge is -2.45. The summed E-state index contributed by atoms with van der Waals surface area (Å²) >= 11 is 1.75. The van der Waals surface area contributed by atoms with Gasteiger partial charge in [0.1, 0.15) is 6.29 Å². The highest BCUT2D eigenvalue weighted by atomic mass is 32.2. The Morgan fingerprint density at radius 1 is 1.43 bits per heavy atom. The second-order valence-corrected chi connectivity index (χ2v) is 7.43. The fraction of sp³-hybridized carbons (Fsp3) is 0.412. The third kappa shape index (κ3) is 3.00. The van der Waals surface area contributed by atoms with Gasteiger partial charge in [-0.1, -0.05) is 12.1 Å². The Hall–Kier alpha value is -1.81. The molecular weight excluding hydrogens is 308 g/mol. The van der Waals surface area contributed by atoms with Crippen LogP contribution in [-0.2, 0) is 4.79 Å². The first kappa shape index (κ1) is 16.1. The van der Waals surface area contributed by atoms with Crippen molar-refractivity contribution in [2.24, 2.45) is 5.73 Å². The molecule has 1 aromatic carbocycles. The van der Waals surface area contributed by atoms with Gasteiger partial charge in [0, 0.05) is 24.3 Å². The Morgan fingerprint density at radius 3 is 2.74 bits per heavy atom. The number of nitriles is 1. The lowest BCUT2D eigenvalue weighted by molar-refractivity contribution is -0.138. The monoisotopic (exact) mass is 328 g/mol. The third-order valence-corrected chi connectivity index (χ3v) is 6.12. The van der Waals surface area contributed by atoms with Crippen molar-refractivity contribution in [3.63, 3.8) is 0 Å².